The molecule has 2 rings (SSSR count). The van der Waals surface area contributed by atoms with Gasteiger partial charge in [-0.1, -0.05) is 0 Å². The highest BCUT2D eigenvalue weighted by Gasteiger charge is 2.33. The van der Waals surface area contributed by atoms with Crippen molar-refractivity contribution in [2.45, 2.75) is 6.10 Å². The van der Waals surface area contributed by atoms with Crippen LogP contribution in [0.25, 0.3) is 0 Å². The van der Waals surface area contributed by atoms with Gasteiger partial charge in [0.1, 0.15) is 11.4 Å². The minimum atomic E-state index is -0.911. The number of halogens is 3. The average molecular weight is 292 g/mol. The van der Waals surface area contributed by atoms with Gasteiger partial charge < -0.3 is 10.0 Å². The first kappa shape index (κ1) is 11.5. The Hall–Kier alpha value is -1.01. The first-order chi connectivity index (χ1) is 7.50. The van der Waals surface area contributed by atoms with Crippen LogP contribution in [0.3, 0.4) is 0 Å². The van der Waals surface area contributed by atoms with Crippen molar-refractivity contribution in [3.05, 3.63) is 33.8 Å². The molecule has 1 aliphatic rings. The van der Waals surface area contributed by atoms with Crippen molar-refractivity contribution in [3.63, 3.8) is 0 Å². The lowest BCUT2D eigenvalue weighted by Gasteiger charge is -2.35. The molecule has 1 heterocycles. The number of nitrogens with zero attached hydrogens (tertiary/aromatic N) is 1. The molecule has 0 atom stereocenters. The van der Waals surface area contributed by atoms with Gasteiger partial charge in [-0.05, 0) is 28.1 Å². The Bertz CT molecular complexity index is 447. The number of benzene rings is 1. The number of amides is 1. The highest BCUT2D eigenvalue weighted by Crippen LogP contribution is 2.24. The minimum absolute atomic E-state index is 0.0401. The zero-order chi connectivity index (χ0) is 11.9. The third-order valence-electron chi connectivity index (χ3n) is 2.41. The number of likely N-dealkylation sites (tertiary alicyclic amines) is 1. The van der Waals surface area contributed by atoms with E-state index in [0.29, 0.717) is 0 Å². The van der Waals surface area contributed by atoms with Gasteiger partial charge in [-0.15, -0.1) is 0 Å². The van der Waals surface area contributed by atoms with E-state index in [1.807, 2.05) is 0 Å². The summed E-state index contributed by atoms with van der Waals surface area (Å²) in [5, 5.41) is 9.02. The fourth-order valence-corrected chi connectivity index (χ4v) is 1.83. The van der Waals surface area contributed by atoms with Gasteiger partial charge >= 0.3 is 0 Å². The number of β-amino-alcohol motifs (C(OH)–C–C–N with tert-alkyl or cyclic N) is 1. The van der Waals surface area contributed by atoms with Crippen LogP contribution in [0.15, 0.2) is 16.6 Å². The summed E-state index contributed by atoms with van der Waals surface area (Å²) in [6.45, 7) is 0.231. The second-order valence-corrected chi connectivity index (χ2v) is 4.44. The fraction of sp³-hybridized carbons (Fsp3) is 0.300. The molecule has 1 amide bonds. The number of hydrogen-bond donors (Lipinski definition) is 1. The Morgan fingerprint density at radius 3 is 2.62 bits per heavy atom. The largest absolute Gasteiger partial charge is 0.389 e. The predicted octanol–water partition coefficient (Wildman–Crippen LogP) is 1.54. The molecule has 0 radical (unpaired) electrons. The van der Waals surface area contributed by atoms with Gasteiger partial charge in [0.05, 0.1) is 10.6 Å². The Kier molecular flexibility index (Phi) is 2.94. The van der Waals surface area contributed by atoms with Crippen molar-refractivity contribution in [2.75, 3.05) is 13.1 Å². The quantitative estimate of drug-likeness (QED) is 0.798. The summed E-state index contributed by atoms with van der Waals surface area (Å²) in [6.07, 6.45) is -0.595. The number of carbonyl (C=O) groups is 1. The lowest BCUT2D eigenvalue weighted by Crippen LogP contribution is -2.53. The van der Waals surface area contributed by atoms with E-state index in [4.69, 9.17) is 5.11 Å². The van der Waals surface area contributed by atoms with E-state index in [9.17, 15) is 13.6 Å². The molecule has 1 aromatic rings. The molecule has 1 fully saturated rings. The third kappa shape index (κ3) is 1.82. The summed E-state index contributed by atoms with van der Waals surface area (Å²) in [7, 11) is 0. The van der Waals surface area contributed by atoms with Gasteiger partial charge in [-0.3, -0.25) is 4.79 Å². The maximum absolute atomic E-state index is 13.5. The van der Waals surface area contributed by atoms with Gasteiger partial charge in [0.2, 0.25) is 0 Å². The zero-order valence-corrected chi connectivity index (χ0v) is 9.67. The second-order valence-electron chi connectivity index (χ2n) is 3.58. The molecule has 0 aromatic heterocycles. The van der Waals surface area contributed by atoms with Gasteiger partial charge in [0, 0.05) is 13.1 Å². The SMILES string of the molecule is O=C(c1c(F)ccc(Br)c1F)N1CC(O)C1. The topological polar surface area (TPSA) is 40.5 Å². The fourth-order valence-electron chi connectivity index (χ4n) is 1.50. The molecule has 0 saturated carbocycles. The predicted molar refractivity (Wildman–Crippen MR) is 56.0 cm³/mol. The lowest BCUT2D eigenvalue weighted by atomic mass is 10.1. The van der Waals surface area contributed by atoms with Crippen LogP contribution in [0.1, 0.15) is 10.4 Å². The van der Waals surface area contributed by atoms with E-state index < -0.39 is 29.2 Å². The van der Waals surface area contributed by atoms with Crippen LogP contribution in [0.5, 0.6) is 0 Å². The van der Waals surface area contributed by atoms with Crippen molar-refractivity contribution in [1.29, 1.82) is 0 Å². The standard InChI is InChI=1S/C10H8BrF2NO2/c11-6-1-2-7(12)8(9(6)13)10(16)14-3-5(15)4-14/h1-2,5,15H,3-4H2. The van der Waals surface area contributed by atoms with Crippen LogP contribution in [0, 0.1) is 11.6 Å². The first-order valence-corrected chi connectivity index (χ1v) is 5.41. The molecule has 16 heavy (non-hydrogen) atoms. The van der Waals surface area contributed by atoms with E-state index in [-0.39, 0.29) is 17.6 Å². The summed E-state index contributed by atoms with van der Waals surface area (Å²) in [6, 6.07) is 2.23. The van der Waals surface area contributed by atoms with E-state index in [0.717, 1.165) is 6.07 Å². The molecule has 1 aromatic carbocycles. The lowest BCUT2D eigenvalue weighted by molar-refractivity contribution is 0.00525. The Morgan fingerprint density at radius 1 is 1.44 bits per heavy atom. The number of hydrogen-bond acceptors (Lipinski definition) is 2. The highest BCUT2D eigenvalue weighted by atomic mass is 79.9. The maximum Gasteiger partial charge on any atom is 0.260 e. The van der Waals surface area contributed by atoms with Crippen LogP contribution in [0.2, 0.25) is 0 Å². The summed E-state index contributed by atoms with van der Waals surface area (Å²) in [5.74, 6) is -2.54. The smallest absolute Gasteiger partial charge is 0.260 e. The monoisotopic (exact) mass is 291 g/mol. The number of rotatable bonds is 1. The van der Waals surface area contributed by atoms with Gasteiger partial charge in [-0.25, -0.2) is 8.78 Å². The van der Waals surface area contributed by atoms with Gasteiger partial charge in [0.15, 0.2) is 5.82 Å². The molecule has 0 spiro atoms. The van der Waals surface area contributed by atoms with Crippen LogP contribution in [-0.2, 0) is 0 Å². The van der Waals surface area contributed by atoms with E-state index in [1.165, 1.54) is 11.0 Å². The molecule has 1 aliphatic heterocycles. The van der Waals surface area contributed by atoms with Crippen LogP contribution >= 0.6 is 15.9 Å². The van der Waals surface area contributed by atoms with Crippen LogP contribution < -0.4 is 0 Å². The molecule has 6 heteroatoms. The van der Waals surface area contributed by atoms with Crippen molar-refractivity contribution < 1.29 is 18.7 Å². The van der Waals surface area contributed by atoms with Crippen LogP contribution in [-0.4, -0.2) is 35.1 Å². The summed E-state index contributed by atoms with van der Waals surface area (Å²) in [5.41, 5.74) is -0.582. The van der Waals surface area contributed by atoms with Gasteiger partial charge in [0.25, 0.3) is 5.91 Å². The molecule has 0 aliphatic carbocycles. The third-order valence-corrected chi connectivity index (χ3v) is 3.02. The summed E-state index contributed by atoms with van der Waals surface area (Å²) < 4.78 is 26.9. The molecule has 0 unspecified atom stereocenters. The molecular formula is C10H8BrF2NO2. The molecule has 0 bridgehead atoms. The molecule has 1 saturated heterocycles. The Labute approximate surface area is 98.8 Å². The number of aliphatic hydroxyl groups is 1. The van der Waals surface area contributed by atoms with Crippen molar-refractivity contribution in [1.82, 2.24) is 4.90 Å². The Morgan fingerprint density at radius 2 is 2.06 bits per heavy atom. The van der Waals surface area contributed by atoms with Crippen molar-refractivity contribution in [2.24, 2.45) is 0 Å². The van der Waals surface area contributed by atoms with Gasteiger partial charge in [-0.2, -0.15) is 0 Å². The average Bonchev–Trinajstić information content (AvgIpc) is 2.19. The Balaban J connectivity index is 2.33. The highest BCUT2D eigenvalue weighted by molar-refractivity contribution is 9.10. The minimum Gasteiger partial charge on any atom is -0.389 e. The van der Waals surface area contributed by atoms with Crippen LogP contribution in [0.4, 0.5) is 8.78 Å². The molecule has 1 N–H and O–H groups in total. The molecular weight excluding hydrogens is 284 g/mol. The molecule has 86 valence electrons. The van der Waals surface area contributed by atoms with E-state index >= 15 is 0 Å². The second kappa shape index (κ2) is 4.10. The van der Waals surface area contributed by atoms with E-state index in [2.05, 4.69) is 15.9 Å². The first-order valence-electron chi connectivity index (χ1n) is 4.61. The zero-order valence-electron chi connectivity index (χ0n) is 8.08. The summed E-state index contributed by atoms with van der Waals surface area (Å²) in [4.78, 5) is 12.9. The van der Waals surface area contributed by atoms with Crippen molar-refractivity contribution >= 4 is 21.8 Å². The van der Waals surface area contributed by atoms with E-state index in [1.54, 1.807) is 0 Å². The number of aliphatic hydroxyl groups excluding tert-OH is 1. The maximum atomic E-state index is 13.5. The summed E-state index contributed by atoms with van der Waals surface area (Å²) >= 11 is 2.89. The van der Waals surface area contributed by atoms with Crippen molar-refractivity contribution in [3.8, 4) is 0 Å². The normalized spacial score (nSPS) is 16.1. The molecule has 3 nitrogen and oxygen atoms in total. The number of carbonyl (C=O) groups excluding carboxylic acids is 1.